The number of carbonyl (C=O) groups is 2. The van der Waals surface area contributed by atoms with Crippen molar-refractivity contribution in [3.63, 3.8) is 0 Å². The molecule has 3 N–H and O–H groups in total. The Labute approximate surface area is 267 Å². The van der Waals surface area contributed by atoms with E-state index >= 15 is 0 Å². The molecule has 10 heteroatoms. The lowest BCUT2D eigenvalue weighted by Gasteiger charge is -2.21. The Morgan fingerprint density at radius 2 is 1.30 bits per heavy atom. The van der Waals surface area contributed by atoms with Gasteiger partial charge in [0, 0.05) is 26.8 Å². The second-order valence-corrected chi connectivity index (χ2v) is 10.8. The second-order valence-electron chi connectivity index (χ2n) is 10.8. The van der Waals surface area contributed by atoms with Crippen LogP contribution in [0.3, 0.4) is 0 Å². The number of unbranched alkanes of at least 4 members (excludes halogenated alkanes) is 11. The monoisotopic (exact) mass is 626 g/mol. The minimum Gasteiger partial charge on any atom is -0.444 e. The van der Waals surface area contributed by atoms with Crippen molar-refractivity contribution in [2.45, 2.75) is 116 Å². The first-order valence-corrected chi connectivity index (χ1v) is 16.7. The Morgan fingerprint density at radius 1 is 0.773 bits per heavy atom. The molecule has 0 bridgehead atoms. The fraction of sp³-hybridized carbons (Fsp3) is 0.824. The van der Waals surface area contributed by atoms with Crippen molar-refractivity contribution in [2.75, 3.05) is 66.0 Å². The molecule has 0 aromatic carbocycles. The lowest BCUT2D eigenvalue weighted by atomic mass is 10.0. The van der Waals surface area contributed by atoms with Crippen LogP contribution in [0, 0.1) is 12.0 Å². The lowest BCUT2D eigenvalue weighted by molar-refractivity contribution is -0.124. The summed E-state index contributed by atoms with van der Waals surface area (Å²) in [7, 11) is 0. The SMILES string of the molecule is CC#COC[C@H](NC(=O)CCOCCOCCOCCOCCNC(C)=O)[C@H](O)/C=C/CCCCCCCCCCCCC. The predicted octanol–water partition coefficient (Wildman–Crippen LogP) is 4.68. The molecule has 0 spiro atoms. The minimum absolute atomic E-state index is 0.0745. The molecular formula is C34H62N2O8. The summed E-state index contributed by atoms with van der Waals surface area (Å²) in [5.41, 5.74) is 0. The minimum atomic E-state index is -0.864. The van der Waals surface area contributed by atoms with Gasteiger partial charge in [0.1, 0.15) is 12.7 Å². The Balaban J connectivity index is 3.90. The number of aliphatic hydroxyl groups excluding tert-OH is 1. The number of carbonyl (C=O) groups excluding carboxylic acids is 2. The summed E-state index contributed by atoms with van der Waals surface area (Å²) in [6, 6.07) is -0.595. The third-order valence-corrected chi connectivity index (χ3v) is 6.71. The van der Waals surface area contributed by atoms with Gasteiger partial charge in [0.05, 0.1) is 65.0 Å². The van der Waals surface area contributed by atoms with E-state index in [4.69, 9.17) is 23.7 Å². The highest BCUT2D eigenvalue weighted by Gasteiger charge is 2.20. The number of rotatable bonds is 32. The number of aliphatic hydroxyl groups is 1. The summed E-state index contributed by atoms with van der Waals surface area (Å²) in [5, 5.41) is 16.1. The van der Waals surface area contributed by atoms with Crippen molar-refractivity contribution in [1.29, 1.82) is 0 Å². The molecule has 0 unspecified atom stereocenters. The first-order chi connectivity index (χ1) is 21.5. The van der Waals surface area contributed by atoms with Crippen LogP contribution in [0.5, 0.6) is 0 Å². The van der Waals surface area contributed by atoms with Gasteiger partial charge in [-0.2, -0.15) is 0 Å². The summed E-state index contributed by atoms with van der Waals surface area (Å²) in [6.07, 6.45) is 20.8. The number of nitrogens with one attached hydrogen (secondary N) is 2. The molecule has 2 amide bonds. The van der Waals surface area contributed by atoms with Crippen LogP contribution in [0.15, 0.2) is 12.2 Å². The molecule has 0 fully saturated rings. The van der Waals surface area contributed by atoms with E-state index in [1.807, 2.05) is 6.08 Å². The number of allylic oxidation sites excluding steroid dienone is 1. The Bertz CT molecular complexity index is 753. The molecule has 256 valence electrons. The fourth-order valence-electron chi connectivity index (χ4n) is 4.23. The zero-order chi connectivity index (χ0) is 32.4. The zero-order valence-corrected chi connectivity index (χ0v) is 27.9. The summed E-state index contributed by atoms with van der Waals surface area (Å²) in [6.45, 7) is 9.21. The van der Waals surface area contributed by atoms with Gasteiger partial charge < -0.3 is 39.4 Å². The van der Waals surface area contributed by atoms with E-state index in [0.29, 0.717) is 52.8 Å². The van der Waals surface area contributed by atoms with Gasteiger partial charge in [-0.15, -0.1) is 0 Å². The van der Waals surface area contributed by atoms with Crippen LogP contribution in [0.4, 0.5) is 0 Å². The summed E-state index contributed by atoms with van der Waals surface area (Å²) >= 11 is 0. The maximum absolute atomic E-state index is 12.4. The van der Waals surface area contributed by atoms with Crippen LogP contribution < -0.4 is 10.6 Å². The van der Waals surface area contributed by atoms with Gasteiger partial charge in [0.15, 0.2) is 0 Å². The zero-order valence-electron chi connectivity index (χ0n) is 27.9. The topological polar surface area (TPSA) is 125 Å². The van der Waals surface area contributed by atoms with Crippen molar-refractivity contribution < 1.29 is 38.4 Å². The van der Waals surface area contributed by atoms with E-state index in [9.17, 15) is 14.7 Å². The molecule has 44 heavy (non-hydrogen) atoms. The standard InChI is InChI=1S/C34H62N2O8/c1-4-6-7-8-9-10-11-12-13-14-15-16-17-18-33(38)32(30-44-21-5-2)36-34(39)19-22-40-24-26-42-28-29-43-27-25-41-23-20-35-31(3)37/h17-18,32-33,38H,4,6-16,19-20,22-30H2,1-3H3,(H,35,37)(H,36,39)/b18-17+/t32-,33+/m0/s1. The number of hydrogen-bond acceptors (Lipinski definition) is 8. The predicted molar refractivity (Wildman–Crippen MR) is 174 cm³/mol. The van der Waals surface area contributed by atoms with Crippen LogP contribution in [0.25, 0.3) is 0 Å². The molecule has 0 rings (SSSR count). The fourth-order valence-corrected chi connectivity index (χ4v) is 4.23. The molecule has 0 aliphatic carbocycles. The molecular weight excluding hydrogens is 564 g/mol. The van der Waals surface area contributed by atoms with Crippen LogP contribution in [-0.4, -0.2) is 95.1 Å². The van der Waals surface area contributed by atoms with Gasteiger partial charge >= 0.3 is 0 Å². The molecule has 0 aromatic heterocycles. The first kappa shape index (κ1) is 41.8. The third-order valence-electron chi connectivity index (χ3n) is 6.71. The van der Waals surface area contributed by atoms with Gasteiger partial charge in [-0.25, -0.2) is 0 Å². The van der Waals surface area contributed by atoms with Crippen molar-refractivity contribution >= 4 is 11.8 Å². The van der Waals surface area contributed by atoms with E-state index < -0.39 is 12.1 Å². The number of ether oxygens (including phenoxy) is 5. The molecule has 10 nitrogen and oxygen atoms in total. The highest BCUT2D eigenvalue weighted by molar-refractivity contribution is 5.76. The van der Waals surface area contributed by atoms with Crippen molar-refractivity contribution in [1.82, 2.24) is 10.6 Å². The molecule has 0 aromatic rings. The lowest BCUT2D eigenvalue weighted by Crippen LogP contribution is -2.45. The Morgan fingerprint density at radius 3 is 1.84 bits per heavy atom. The third kappa shape index (κ3) is 31.3. The Hall–Kier alpha value is -2.16. The molecule has 0 aliphatic rings. The smallest absolute Gasteiger partial charge is 0.222 e. The normalized spacial score (nSPS) is 12.5. The van der Waals surface area contributed by atoms with Gasteiger partial charge in [0.2, 0.25) is 11.8 Å². The average molecular weight is 627 g/mol. The highest BCUT2D eigenvalue weighted by atomic mass is 16.6. The number of amides is 2. The van der Waals surface area contributed by atoms with Gasteiger partial charge in [-0.3, -0.25) is 9.59 Å². The average Bonchev–Trinajstić information content (AvgIpc) is 3.00. The van der Waals surface area contributed by atoms with Crippen LogP contribution in [0.2, 0.25) is 0 Å². The van der Waals surface area contributed by atoms with Crippen molar-refractivity contribution in [2.24, 2.45) is 0 Å². The summed E-state index contributed by atoms with van der Waals surface area (Å²) in [4.78, 5) is 23.2. The van der Waals surface area contributed by atoms with Crippen LogP contribution in [0.1, 0.15) is 104 Å². The molecule has 0 saturated carbocycles. The van der Waals surface area contributed by atoms with Crippen LogP contribution >= 0.6 is 0 Å². The highest BCUT2D eigenvalue weighted by Crippen LogP contribution is 2.12. The summed E-state index contributed by atoms with van der Waals surface area (Å²) < 4.78 is 26.9. The number of hydrogen-bond donors (Lipinski definition) is 3. The van der Waals surface area contributed by atoms with Crippen molar-refractivity contribution in [3.05, 3.63) is 12.2 Å². The van der Waals surface area contributed by atoms with Gasteiger partial charge in [0.25, 0.3) is 0 Å². The molecule has 0 aliphatic heterocycles. The molecule has 2 atom stereocenters. The summed E-state index contributed by atoms with van der Waals surface area (Å²) in [5.74, 6) is 2.35. The van der Waals surface area contributed by atoms with E-state index in [1.54, 1.807) is 13.0 Å². The van der Waals surface area contributed by atoms with E-state index in [0.717, 1.165) is 12.8 Å². The van der Waals surface area contributed by atoms with E-state index in [1.165, 1.54) is 71.1 Å². The quantitative estimate of drug-likeness (QED) is 0.0559. The van der Waals surface area contributed by atoms with E-state index in [2.05, 4.69) is 29.6 Å². The molecule has 0 radical (unpaired) electrons. The maximum atomic E-state index is 12.4. The van der Waals surface area contributed by atoms with Crippen LogP contribution in [-0.2, 0) is 33.3 Å². The van der Waals surface area contributed by atoms with Gasteiger partial charge in [-0.05, 0) is 12.8 Å². The Kier molecular flexibility index (Phi) is 32.1. The molecule has 0 saturated heterocycles. The first-order valence-electron chi connectivity index (χ1n) is 16.7. The maximum Gasteiger partial charge on any atom is 0.222 e. The molecule has 0 heterocycles. The second kappa shape index (κ2) is 33.7. The van der Waals surface area contributed by atoms with E-state index in [-0.39, 0.29) is 31.4 Å². The largest absolute Gasteiger partial charge is 0.444 e. The van der Waals surface area contributed by atoms with Gasteiger partial charge in [-0.1, -0.05) is 89.2 Å². The van der Waals surface area contributed by atoms with Crippen molar-refractivity contribution in [3.8, 4) is 12.0 Å².